The van der Waals surface area contributed by atoms with E-state index in [4.69, 9.17) is 4.74 Å². The van der Waals surface area contributed by atoms with Crippen molar-refractivity contribution in [3.8, 4) is 5.75 Å². The van der Waals surface area contributed by atoms with Gasteiger partial charge in [-0.15, -0.1) is 0 Å². The zero-order valence-electron chi connectivity index (χ0n) is 13.3. The maximum Gasteiger partial charge on any atom is 0.244 e. The molecule has 1 aliphatic heterocycles. The minimum Gasteiger partial charge on any atom is -0.492 e. The maximum absolute atomic E-state index is 12.5. The Morgan fingerprint density at radius 3 is 2.71 bits per heavy atom. The van der Waals surface area contributed by atoms with Crippen molar-refractivity contribution in [3.63, 3.8) is 0 Å². The fourth-order valence-corrected chi connectivity index (χ4v) is 2.67. The van der Waals surface area contributed by atoms with Gasteiger partial charge in [0.1, 0.15) is 11.8 Å². The molecule has 21 heavy (non-hydrogen) atoms. The number of piperidine rings is 1. The van der Waals surface area contributed by atoms with Gasteiger partial charge >= 0.3 is 0 Å². The van der Waals surface area contributed by atoms with Crippen LogP contribution in [0.25, 0.3) is 0 Å². The first-order valence-electron chi connectivity index (χ1n) is 7.89. The van der Waals surface area contributed by atoms with Gasteiger partial charge in [-0.05, 0) is 44.7 Å². The summed E-state index contributed by atoms with van der Waals surface area (Å²) in [6.07, 6.45) is 2.21. The zero-order chi connectivity index (χ0) is 15.2. The van der Waals surface area contributed by atoms with Gasteiger partial charge in [0.05, 0.1) is 12.3 Å². The van der Waals surface area contributed by atoms with E-state index >= 15 is 0 Å². The molecule has 1 aromatic rings. The summed E-state index contributed by atoms with van der Waals surface area (Å²) in [5.74, 6) is 1.70. The molecule has 116 valence electrons. The van der Waals surface area contributed by atoms with Gasteiger partial charge in [0.15, 0.2) is 0 Å². The van der Waals surface area contributed by atoms with E-state index < -0.39 is 0 Å². The van der Waals surface area contributed by atoms with Gasteiger partial charge in [0.2, 0.25) is 5.91 Å². The van der Waals surface area contributed by atoms with Gasteiger partial charge in [0.25, 0.3) is 0 Å². The van der Waals surface area contributed by atoms with Crippen molar-refractivity contribution in [2.45, 2.75) is 39.7 Å². The Labute approximate surface area is 127 Å². The highest BCUT2D eigenvalue weighted by molar-refractivity contribution is 5.84. The number of amides is 1. The minimum absolute atomic E-state index is 0.174. The summed E-state index contributed by atoms with van der Waals surface area (Å²) in [6, 6.07) is 7.53. The van der Waals surface area contributed by atoms with Gasteiger partial charge in [-0.2, -0.15) is 0 Å². The summed E-state index contributed by atoms with van der Waals surface area (Å²) in [5, 5.41) is 3.29. The highest BCUT2D eigenvalue weighted by Gasteiger charge is 2.24. The lowest BCUT2D eigenvalue weighted by molar-refractivity contribution is -0.132. The molecule has 1 aromatic carbocycles. The number of nitrogens with zero attached hydrogens (tertiary/aromatic N) is 1. The first-order valence-corrected chi connectivity index (χ1v) is 7.89. The molecular formula is C17H26N2O2. The van der Waals surface area contributed by atoms with E-state index in [1.165, 1.54) is 0 Å². The van der Waals surface area contributed by atoms with Crippen molar-refractivity contribution < 1.29 is 9.53 Å². The van der Waals surface area contributed by atoms with E-state index in [0.29, 0.717) is 6.61 Å². The maximum atomic E-state index is 12.5. The molecule has 0 saturated carbocycles. The van der Waals surface area contributed by atoms with E-state index in [9.17, 15) is 4.79 Å². The number of ether oxygens (including phenoxy) is 1. The third-order valence-electron chi connectivity index (χ3n) is 4.02. The molecule has 1 aliphatic rings. The fourth-order valence-electron chi connectivity index (χ4n) is 2.67. The van der Waals surface area contributed by atoms with Crippen molar-refractivity contribution in [2.75, 3.05) is 25.0 Å². The lowest BCUT2D eigenvalue weighted by Crippen LogP contribution is -2.45. The summed E-state index contributed by atoms with van der Waals surface area (Å²) >= 11 is 0. The Bertz CT molecular complexity index is 468. The van der Waals surface area contributed by atoms with Gasteiger partial charge in [-0.3, -0.25) is 4.79 Å². The van der Waals surface area contributed by atoms with E-state index in [1.54, 1.807) is 0 Å². The molecule has 1 atom stereocenters. The molecule has 0 radical (unpaired) electrons. The summed E-state index contributed by atoms with van der Waals surface area (Å²) in [4.78, 5) is 14.5. The molecule has 4 nitrogen and oxygen atoms in total. The summed E-state index contributed by atoms with van der Waals surface area (Å²) in [6.45, 7) is 8.49. The Morgan fingerprint density at radius 2 is 2.05 bits per heavy atom. The average molecular weight is 290 g/mol. The number of carbonyl (C=O) groups is 1. The number of anilines is 1. The third kappa shape index (κ3) is 4.13. The zero-order valence-corrected chi connectivity index (χ0v) is 13.3. The largest absolute Gasteiger partial charge is 0.492 e. The Hall–Kier alpha value is -1.71. The molecular weight excluding hydrogens is 264 g/mol. The number of likely N-dealkylation sites (tertiary alicyclic amines) is 1. The number of hydrogen-bond donors (Lipinski definition) is 1. The Kier molecular flexibility index (Phi) is 5.48. The lowest BCUT2D eigenvalue weighted by atomic mass is 9.99. The van der Waals surface area contributed by atoms with Crippen LogP contribution in [0, 0.1) is 5.92 Å². The second-order valence-electron chi connectivity index (χ2n) is 5.80. The first kappa shape index (κ1) is 15.7. The molecule has 1 fully saturated rings. The molecule has 0 bridgehead atoms. The molecule has 1 heterocycles. The number of carbonyl (C=O) groups excluding carboxylic acids is 1. The van der Waals surface area contributed by atoms with Gasteiger partial charge in [-0.1, -0.05) is 19.1 Å². The van der Waals surface area contributed by atoms with Crippen LogP contribution in [-0.4, -0.2) is 36.5 Å². The summed E-state index contributed by atoms with van der Waals surface area (Å²) < 4.78 is 5.59. The molecule has 0 spiro atoms. The van der Waals surface area contributed by atoms with Gasteiger partial charge in [-0.25, -0.2) is 0 Å². The molecule has 1 amide bonds. The van der Waals surface area contributed by atoms with E-state index in [0.717, 1.165) is 43.3 Å². The minimum atomic E-state index is -0.236. The van der Waals surface area contributed by atoms with Crippen LogP contribution < -0.4 is 10.1 Å². The van der Waals surface area contributed by atoms with Crippen molar-refractivity contribution in [3.05, 3.63) is 24.3 Å². The normalized spacial score (nSPS) is 17.4. The standard InChI is InChI=1S/C17H26N2O2/c1-4-21-16-8-6-5-7-15(16)18-14(3)17(20)19-11-9-13(2)10-12-19/h5-8,13-14,18H,4,9-12H2,1-3H3. The highest BCUT2D eigenvalue weighted by Crippen LogP contribution is 2.25. The van der Waals surface area contributed by atoms with Crippen molar-refractivity contribution >= 4 is 11.6 Å². The van der Waals surface area contributed by atoms with E-state index in [2.05, 4.69) is 12.2 Å². The Morgan fingerprint density at radius 1 is 1.38 bits per heavy atom. The van der Waals surface area contributed by atoms with Gasteiger partial charge < -0.3 is 15.0 Å². The second-order valence-corrected chi connectivity index (χ2v) is 5.80. The van der Waals surface area contributed by atoms with Gasteiger partial charge in [0, 0.05) is 13.1 Å². The van der Waals surface area contributed by atoms with Crippen LogP contribution >= 0.6 is 0 Å². The lowest BCUT2D eigenvalue weighted by Gasteiger charge is -2.32. The van der Waals surface area contributed by atoms with Crippen LogP contribution in [0.15, 0.2) is 24.3 Å². The summed E-state index contributed by atoms with van der Waals surface area (Å²) in [5.41, 5.74) is 0.880. The van der Waals surface area contributed by atoms with Crippen LogP contribution in [0.4, 0.5) is 5.69 Å². The van der Waals surface area contributed by atoms with Crippen molar-refractivity contribution in [2.24, 2.45) is 5.92 Å². The Balaban J connectivity index is 1.97. The quantitative estimate of drug-likeness (QED) is 0.906. The molecule has 0 aromatic heterocycles. The molecule has 1 N–H and O–H groups in total. The van der Waals surface area contributed by atoms with Crippen molar-refractivity contribution in [1.29, 1.82) is 0 Å². The number of para-hydroxylation sites is 2. The summed E-state index contributed by atoms with van der Waals surface area (Å²) in [7, 11) is 0. The average Bonchev–Trinajstić information content (AvgIpc) is 2.49. The van der Waals surface area contributed by atoms with Crippen LogP contribution in [0.2, 0.25) is 0 Å². The van der Waals surface area contributed by atoms with E-state index in [1.807, 2.05) is 43.0 Å². The number of nitrogens with one attached hydrogen (secondary N) is 1. The fraction of sp³-hybridized carbons (Fsp3) is 0.588. The molecule has 4 heteroatoms. The van der Waals surface area contributed by atoms with E-state index in [-0.39, 0.29) is 11.9 Å². The number of benzene rings is 1. The smallest absolute Gasteiger partial charge is 0.244 e. The van der Waals surface area contributed by atoms with Crippen LogP contribution in [0.1, 0.15) is 33.6 Å². The second kappa shape index (κ2) is 7.34. The monoisotopic (exact) mass is 290 g/mol. The van der Waals surface area contributed by atoms with Crippen LogP contribution in [-0.2, 0) is 4.79 Å². The molecule has 0 aliphatic carbocycles. The predicted molar refractivity (Wildman–Crippen MR) is 85.7 cm³/mol. The SMILES string of the molecule is CCOc1ccccc1NC(C)C(=O)N1CCC(C)CC1. The number of rotatable bonds is 5. The van der Waals surface area contributed by atoms with Crippen molar-refractivity contribution in [1.82, 2.24) is 4.90 Å². The predicted octanol–water partition coefficient (Wildman–Crippen LogP) is 3.14. The molecule has 2 rings (SSSR count). The third-order valence-corrected chi connectivity index (χ3v) is 4.02. The topological polar surface area (TPSA) is 41.6 Å². The highest BCUT2D eigenvalue weighted by atomic mass is 16.5. The van der Waals surface area contributed by atoms with Crippen LogP contribution in [0.5, 0.6) is 5.75 Å². The molecule has 1 unspecified atom stereocenters. The first-order chi connectivity index (χ1) is 10.1. The van der Waals surface area contributed by atoms with Crippen LogP contribution in [0.3, 0.4) is 0 Å². The molecule has 1 saturated heterocycles. The number of hydrogen-bond acceptors (Lipinski definition) is 3.